The zero-order valence-corrected chi connectivity index (χ0v) is 9.30. The van der Waals surface area contributed by atoms with E-state index in [1.54, 1.807) is 18.2 Å². The Bertz CT molecular complexity index is 647. The van der Waals surface area contributed by atoms with Crippen molar-refractivity contribution in [2.75, 3.05) is 5.32 Å². The molecule has 5 nitrogen and oxygen atoms in total. The maximum absolute atomic E-state index is 13.1. The highest BCUT2D eigenvalue weighted by Crippen LogP contribution is 2.23. The maximum atomic E-state index is 13.1. The fourth-order valence-electron chi connectivity index (χ4n) is 1.60. The zero-order valence-electron chi connectivity index (χ0n) is 9.30. The Kier molecular flexibility index (Phi) is 2.33. The molecule has 0 fully saturated rings. The second kappa shape index (κ2) is 3.99. The van der Waals surface area contributed by atoms with Crippen molar-refractivity contribution < 1.29 is 9.13 Å². The molecule has 0 saturated carbocycles. The van der Waals surface area contributed by atoms with Gasteiger partial charge in [0.25, 0.3) is 0 Å². The average molecular weight is 244 g/mol. The Balaban J connectivity index is 1.95. The minimum absolute atomic E-state index is 0.361. The number of hydrogen-bond donors (Lipinski definition) is 1. The molecule has 6 heteroatoms. The number of hydrogen-bond acceptors (Lipinski definition) is 4. The normalized spacial score (nSPS) is 13.6. The summed E-state index contributed by atoms with van der Waals surface area (Å²) < 4.78 is 20.1. The molecule has 3 rings (SSSR count). The van der Waals surface area contributed by atoms with Crippen LogP contribution in [0.15, 0.2) is 48.9 Å². The molecule has 90 valence electrons. The Morgan fingerprint density at radius 1 is 1.39 bits per heavy atom. The van der Waals surface area contributed by atoms with Crippen molar-refractivity contribution in [3.8, 4) is 5.75 Å². The highest BCUT2D eigenvalue weighted by Gasteiger charge is 2.17. The van der Waals surface area contributed by atoms with Gasteiger partial charge in [-0.2, -0.15) is 14.8 Å². The molecule has 0 radical (unpaired) electrons. The van der Waals surface area contributed by atoms with Gasteiger partial charge in [-0.3, -0.25) is 0 Å². The summed E-state index contributed by atoms with van der Waals surface area (Å²) in [5.41, 5.74) is 0.627. The first kappa shape index (κ1) is 10.5. The second-order valence-electron chi connectivity index (χ2n) is 3.69. The number of aromatic nitrogens is 3. The van der Waals surface area contributed by atoms with Gasteiger partial charge >= 0.3 is 0 Å². The van der Waals surface area contributed by atoms with Crippen molar-refractivity contribution in [2.45, 2.75) is 0 Å². The highest BCUT2D eigenvalue weighted by molar-refractivity contribution is 5.59. The number of fused-ring (bicyclic) bond motifs is 1. The largest absolute Gasteiger partial charge is 0.439 e. The van der Waals surface area contributed by atoms with Gasteiger partial charge in [-0.15, -0.1) is 0 Å². The minimum Gasteiger partial charge on any atom is -0.439 e. The summed E-state index contributed by atoms with van der Waals surface area (Å²) >= 11 is 0. The minimum atomic E-state index is -0.361. The van der Waals surface area contributed by atoms with Gasteiger partial charge in [-0.1, -0.05) is 12.6 Å². The van der Waals surface area contributed by atoms with Crippen LogP contribution in [0.3, 0.4) is 0 Å². The summed E-state index contributed by atoms with van der Waals surface area (Å²) in [6, 6.07) is 5.88. The number of allylic oxidation sites excluding steroid dienone is 1. The predicted molar refractivity (Wildman–Crippen MR) is 64.1 cm³/mol. The second-order valence-corrected chi connectivity index (χ2v) is 3.69. The van der Waals surface area contributed by atoms with Gasteiger partial charge in [-0.25, -0.2) is 4.39 Å². The number of benzene rings is 1. The molecule has 1 aliphatic rings. The Morgan fingerprint density at radius 3 is 3.11 bits per heavy atom. The molecular weight excluding hydrogens is 235 g/mol. The van der Waals surface area contributed by atoms with E-state index in [1.807, 2.05) is 0 Å². The van der Waals surface area contributed by atoms with Crippen molar-refractivity contribution in [1.29, 1.82) is 0 Å². The number of nitrogens with one attached hydrogen (secondary N) is 1. The number of rotatable bonds is 2. The van der Waals surface area contributed by atoms with Crippen molar-refractivity contribution in [2.24, 2.45) is 0 Å². The van der Waals surface area contributed by atoms with Crippen molar-refractivity contribution >= 4 is 11.8 Å². The standard InChI is InChI=1S/C12H9FN4O/c1-8-5-11(17-12(16-8)14-7-15-17)18-10-4-2-3-9(13)6-10/h2-7H,1H2,(H,14,15,16). The lowest BCUT2D eigenvalue weighted by Gasteiger charge is -2.17. The molecule has 0 spiro atoms. The van der Waals surface area contributed by atoms with Crippen molar-refractivity contribution in [3.63, 3.8) is 0 Å². The maximum Gasteiger partial charge on any atom is 0.233 e. The topological polar surface area (TPSA) is 52.0 Å². The van der Waals surface area contributed by atoms with E-state index in [0.717, 1.165) is 0 Å². The Morgan fingerprint density at radius 2 is 2.28 bits per heavy atom. The first-order valence-corrected chi connectivity index (χ1v) is 5.24. The molecule has 0 unspecified atom stereocenters. The highest BCUT2D eigenvalue weighted by atomic mass is 19.1. The van der Waals surface area contributed by atoms with Gasteiger partial charge in [0.15, 0.2) is 0 Å². The van der Waals surface area contributed by atoms with E-state index in [2.05, 4.69) is 22.0 Å². The van der Waals surface area contributed by atoms with E-state index in [0.29, 0.717) is 23.3 Å². The Hall–Kier alpha value is -2.63. The SMILES string of the molecule is C=C1C=C(Oc2cccc(F)c2)n2ncnc2N1. The van der Waals surface area contributed by atoms with E-state index in [-0.39, 0.29) is 5.82 Å². The summed E-state index contributed by atoms with van der Waals surface area (Å²) in [6.45, 7) is 3.78. The summed E-state index contributed by atoms with van der Waals surface area (Å²) in [5.74, 6) is 0.947. The molecule has 0 aliphatic carbocycles. The zero-order chi connectivity index (χ0) is 12.5. The molecule has 0 amide bonds. The molecule has 0 bridgehead atoms. The van der Waals surface area contributed by atoms with Gasteiger partial charge in [0.2, 0.25) is 11.8 Å². The van der Waals surface area contributed by atoms with E-state index in [1.165, 1.54) is 23.1 Å². The molecule has 1 aromatic carbocycles. The lowest BCUT2D eigenvalue weighted by atomic mass is 10.3. The van der Waals surface area contributed by atoms with Gasteiger partial charge in [0, 0.05) is 17.8 Å². The molecule has 0 atom stereocenters. The van der Waals surface area contributed by atoms with Crippen LogP contribution in [-0.4, -0.2) is 14.8 Å². The van der Waals surface area contributed by atoms with Crippen LogP contribution in [0.25, 0.3) is 5.88 Å². The number of nitrogens with zero attached hydrogens (tertiary/aromatic N) is 3. The van der Waals surface area contributed by atoms with Gasteiger partial charge in [0.05, 0.1) is 0 Å². The molecule has 2 aromatic rings. The number of anilines is 1. The summed E-state index contributed by atoms with van der Waals surface area (Å²) in [6.07, 6.45) is 3.05. The molecular formula is C12H9FN4O. The summed E-state index contributed by atoms with van der Waals surface area (Å²) in [5, 5.41) is 6.94. The first-order chi connectivity index (χ1) is 8.72. The van der Waals surface area contributed by atoms with E-state index in [9.17, 15) is 4.39 Å². The molecule has 1 N–H and O–H groups in total. The molecule has 1 aliphatic heterocycles. The van der Waals surface area contributed by atoms with Crippen LogP contribution in [0.5, 0.6) is 5.75 Å². The number of halogens is 1. The quantitative estimate of drug-likeness (QED) is 0.880. The summed E-state index contributed by atoms with van der Waals surface area (Å²) in [4.78, 5) is 4.00. The van der Waals surface area contributed by atoms with Crippen LogP contribution >= 0.6 is 0 Å². The van der Waals surface area contributed by atoms with Gasteiger partial charge < -0.3 is 10.1 Å². The average Bonchev–Trinajstić information content (AvgIpc) is 2.77. The van der Waals surface area contributed by atoms with Crippen LogP contribution < -0.4 is 10.1 Å². The van der Waals surface area contributed by atoms with Crippen molar-refractivity contribution in [3.05, 3.63) is 54.8 Å². The van der Waals surface area contributed by atoms with Crippen LogP contribution in [0.1, 0.15) is 0 Å². The Labute approximate surface area is 102 Å². The van der Waals surface area contributed by atoms with Crippen LogP contribution in [-0.2, 0) is 0 Å². The van der Waals surface area contributed by atoms with E-state index in [4.69, 9.17) is 4.74 Å². The third-order valence-electron chi connectivity index (χ3n) is 2.35. The van der Waals surface area contributed by atoms with Crippen LogP contribution in [0, 0.1) is 5.82 Å². The molecule has 1 aromatic heterocycles. The predicted octanol–water partition coefficient (Wildman–Crippen LogP) is 2.23. The third-order valence-corrected chi connectivity index (χ3v) is 2.35. The first-order valence-electron chi connectivity index (χ1n) is 5.24. The lowest BCUT2D eigenvalue weighted by molar-refractivity contribution is 0.461. The van der Waals surface area contributed by atoms with Crippen LogP contribution in [0.2, 0.25) is 0 Å². The van der Waals surface area contributed by atoms with Gasteiger partial charge in [0.1, 0.15) is 17.9 Å². The smallest absolute Gasteiger partial charge is 0.233 e. The fraction of sp³-hybridized carbons (Fsp3) is 0. The third kappa shape index (κ3) is 1.84. The lowest BCUT2D eigenvalue weighted by Crippen LogP contribution is -2.16. The monoisotopic (exact) mass is 244 g/mol. The van der Waals surface area contributed by atoms with E-state index >= 15 is 0 Å². The van der Waals surface area contributed by atoms with E-state index < -0.39 is 0 Å². The number of ether oxygens (including phenoxy) is 1. The fourth-order valence-corrected chi connectivity index (χ4v) is 1.60. The van der Waals surface area contributed by atoms with Crippen molar-refractivity contribution in [1.82, 2.24) is 14.8 Å². The molecule has 0 saturated heterocycles. The summed E-state index contributed by atoms with van der Waals surface area (Å²) in [7, 11) is 0. The molecule has 2 heterocycles. The van der Waals surface area contributed by atoms with Gasteiger partial charge in [-0.05, 0) is 12.1 Å². The molecule has 18 heavy (non-hydrogen) atoms. The van der Waals surface area contributed by atoms with Crippen LogP contribution in [0.4, 0.5) is 10.3 Å².